The van der Waals surface area contributed by atoms with Gasteiger partial charge in [0.15, 0.2) is 11.5 Å². The molecule has 0 aliphatic rings. The van der Waals surface area contributed by atoms with E-state index < -0.39 is 7.60 Å². The third kappa shape index (κ3) is 37.4. The highest BCUT2D eigenvalue weighted by Crippen LogP contribution is 2.20. The highest BCUT2D eigenvalue weighted by atomic mass is 32.1. The second-order valence-electron chi connectivity index (χ2n) is 10.7. The predicted octanol–water partition coefficient (Wildman–Crippen LogP) is 5.22. The van der Waals surface area contributed by atoms with Crippen LogP contribution in [0.4, 0.5) is 0 Å². The molecule has 0 aliphatic heterocycles. The lowest BCUT2D eigenvalue weighted by Crippen LogP contribution is -2.24. The van der Waals surface area contributed by atoms with Gasteiger partial charge in [0.2, 0.25) is 22.7 Å². The largest absolute Gasteiger partial charge is 0.807 e. The highest BCUT2D eigenvalue weighted by molar-refractivity contribution is 7.78. The van der Waals surface area contributed by atoms with Gasteiger partial charge in [0.1, 0.15) is 0 Å². The number of benzene rings is 1. The van der Waals surface area contributed by atoms with Gasteiger partial charge in [-0.25, -0.2) is 22.9 Å². The van der Waals surface area contributed by atoms with Gasteiger partial charge in [-0.05, 0) is 25.7 Å². The number of unbranched alkanes of at least 4 members (excludes halogenated alkanes) is 18. The summed E-state index contributed by atoms with van der Waals surface area (Å²) in [5, 5.41) is 0.863. The molecule has 7 nitrogen and oxygen atoms in total. The lowest BCUT2D eigenvalue weighted by atomic mass is 10.1. The van der Waals surface area contributed by atoms with E-state index in [1.807, 2.05) is 0 Å². The van der Waals surface area contributed by atoms with Gasteiger partial charge in [-0.2, -0.15) is 0 Å². The van der Waals surface area contributed by atoms with E-state index in [1.165, 1.54) is 153 Å². The molecule has 0 aliphatic carbocycles. The Kier molecular flexibility index (Phi) is 34.5. The molecule has 0 amide bonds. The summed E-state index contributed by atoms with van der Waals surface area (Å²) in [4.78, 5) is 20.6. The molecule has 0 fully saturated rings. The molecule has 1 aromatic carbocycles. The van der Waals surface area contributed by atoms with Crippen molar-refractivity contribution in [3.63, 3.8) is 0 Å². The van der Waals surface area contributed by atoms with Gasteiger partial charge in [0.05, 0.1) is 0 Å². The van der Waals surface area contributed by atoms with Crippen molar-refractivity contribution >= 4 is 45.8 Å². The fourth-order valence-electron chi connectivity index (χ4n) is 4.17. The van der Waals surface area contributed by atoms with E-state index in [-0.39, 0.29) is 5.30 Å². The molecule has 0 heterocycles. The second kappa shape index (κ2) is 33.3. The van der Waals surface area contributed by atoms with Crippen LogP contribution < -0.4 is 38.0 Å². The summed E-state index contributed by atoms with van der Waals surface area (Å²) in [6.07, 6.45) is 27.6. The number of hydrogen-bond donors (Lipinski definition) is 4. The zero-order valence-electron chi connectivity index (χ0n) is 26.7. The maximum absolute atomic E-state index is 10.3. The Hall–Kier alpha value is -0.610. The zero-order valence-corrected chi connectivity index (χ0v) is 29.3. The molecule has 0 atom stereocenters. The average Bonchev–Trinajstić information content (AvgIpc) is 2.95. The molecule has 10 heteroatoms. The van der Waals surface area contributed by atoms with Crippen LogP contribution in [0.1, 0.15) is 142 Å². The van der Waals surface area contributed by atoms with Crippen molar-refractivity contribution in [3.05, 3.63) is 30.3 Å². The van der Waals surface area contributed by atoms with Crippen molar-refractivity contribution in [2.45, 2.75) is 142 Å². The van der Waals surface area contributed by atoms with Crippen molar-refractivity contribution < 1.29 is 14.4 Å². The highest BCUT2D eigenvalue weighted by Gasteiger charge is 2.00. The van der Waals surface area contributed by atoms with Crippen LogP contribution in [0.3, 0.4) is 0 Å². The van der Waals surface area contributed by atoms with Crippen molar-refractivity contribution in [1.29, 1.82) is 0 Å². The average molecular weight is 647 g/mol. The van der Waals surface area contributed by atoms with E-state index in [1.54, 1.807) is 28.8 Å². The molecule has 0 spiro atoms. The van der Waals surface area contributed by atoms with E-state index in [2.05, 4.69) is 13.8 Å². The molecule has 0 saturated carbocycles. The van der Waals surface area contributed by atoms with E-state index in [0.717, 1.165) is 11.5 Å². The smallest absolute Gasteiger partial charge is 0.314 e. The quantitative estimate of drug-likeness (QED) is 0.0547. The lowest BCUT2D eigenvalue weighted by Gasteiger charge is -2.29. The first-order chi connectivity index (χ1) is 20.1. The van der Waals surface area contributed by atoms with E-state index in [0.29, 0.717) is 10.2 Å². The zero-order chi connectivity index (χ0) is 31.7. The molecule has 0 saturated heterocycles. The fourth-order valence-corrected chi connectivity index (χ4v) is 5.88. The van der Waals surface area contributed by atoms with Gasteiger partial charge >= 0.3 is 10.2 Å². The van der Waals surface area contributed by atoms with Gasteiger partial charge in [0, 0.05) is 12.8 Å². The topological polar surface area (TPSA) is 167 Å². The number of rotatable bonds is 23. The molecule has 42 heavy (non-hydrogen) atoms. The van der Waals surface area contributed by atoms with Crippen LogP contribution in [0.5, 0.6) is 0 Å². The summed E-state index contributed by atoms with van der Waals surface area (Å²) in [5.74, 6) is 2.16. The third-order valence-corrected chi connectivity index (χ3v) is 9.19. The Labute approximate surface area is 266 Å². The Morgan fingerprint density at radius 3 is 1.07 bits per heavy atom. The molecule has 0 radical (unpaired) electrons. The lowest BCUT2D eigenvalue weighted by molar-refractivity contribution is -0.307. The minimum absolute atomic E-state index is 0.157. The molecule has 1 aromatic rings. The van der Waals surface area contributed by atoms with E-state index in [4.69, 9.17) is 22.9 Å². The van der Waals surface area contributed by atoms with Gasteiger partial charge in [-0.3, -0.25) is 0 Å². The third-order valence-electron chi connectivity index (χ3n) is 6.61. The maximum Gasteiger partial charge on any atom is 0.314 e. The molecule has 0 aromatic heterocycles. The monoisotopic (exact) mass is 646 g/mol. The van der Waals surface area contributed by atoms with Gasteiger partial charge < -0.3 is 14.4 Å². The minimum Gasteiger partial charge on any atom is -0.807 e. The minimum atomic E-state index is -4.52. The SMILES string of the molecule is CCCCCCCCCCCC[S+]=C(N)N.CCCCCCCCCCCC[S+]=C(N)N.O=P([O-])([O-])c1ccccc1. The number of nitrogens with two attached hydrogens (primary N) is 4. The van der Waals surface area contributed by atoms with Crippen LogP contribution in [-0.2, 0) is 27.3 Å². The first-order valence-corrected chi connectivity index (χ1v) is 19.8. The van der Waals surface area contributed by atoms with Crippen molar-refractivity contribution in [3.8, 4) is 0 Å². The Morgan fingerprint density at radius 2 is 0.833 bits per heavy atom. The van der Waals surface area contributed by atoms with Crippen molar-refractivity contribution in [1.82, 2.24) is 0 Å². The summed E-state index contributed by atoms with van der Waals surface area (Å²) in [5.41, 5.74) is 21.5. The Bertz CT molecular complexity index is 762. The van der Waals surface area contributed by atoms with Gasteiger partial charge in [0.25, 0.3) is 0 Å². The molecule has 0 bridgehead atoms. The van der Waals surface area contributed by atoms with E-state index in [9.17, 15) is 14.4 Å². The summed E-state index contributed by atoms with van der Waals surface area (Å²) >= 11 is 3.16. The van der Waals surface area contributed by atoms with Crippen LogP contribution in [0.25, 0.3) is 0 Å². The summed E-state index contributed by atoms with van der Waals surface area (Å²) in [6, 6.07) is 7.23. The Morgan fingerprint density at radius 1 is 0.548 bits per heavy atom. The summed E-state index contributed by atoms with van der Waals surface area (Å²) in [7, 11) is -4.52. The summed E-state index contributed by atoms with van der Waals surface area (Å²) < 4.78 is 10.3. The van der Waals surface area contributed by atoms with Gasteiger partial charge in [-0.1, -0.05) is 147 Å². The Balaban J connectivity index is 0. The van der Waals surface area contributed by atoms with E-state index >= 15 is 0 Å². The van der Waals surface area contributed by atoms with Crippen molar-refractivity contribution in [2.24, 2.45) is 22.9 Å². The maximum atomic E-state index is 10.3. The summed E-state index contributed by atoms with van der Waals surface area (Å²) in [6.45, 7) is 4.53. The molecular formula is C32H63N4O3PS2. The molecule has 0 unspecified atom stereocenters. The fraction of sp³-hybridized carbons (Fsp3) is 0.750. The first kappa shape index (κ1) is 43.5. The molecule has 246 valence electrons. The standard InChI is InChI=1S/2C13H29N2S.C6H7O3P/c2*1-2-3-4-5-6-7-8-9-10-11-12-16-13(14)15;7-10(8,9)6-4-2-1-3-5-6/h2*2-12,14-15H2,1H3;1-5H,(H2,7,8,9)/q2*+1;/p-2. The normalized spacial score (nSPS) is 10.7. The second-order valence-corrected chi connectivity index (χ2v) is 14.5. The molecule has 8 N–H and O–H groups in total. The van der Waals surface area contributed by atoms with Gasteiger partial charge in [-0.15, -0.1) is 0 Å². The predicted molar refractivity (Wildman–Crippen MR) is 189 cm³/mol. The number of hydrogen-bond acceptors (Lipinski definition) is 3. The van der Waals surface area contributed by atoms with Crippen molar-refractivity contribution in [2.75, 3.05) is 11.5 Å². The molecular weight excluding hydrogens is 583 g/mol. The van der Waals surface area contributed by atoms with Crippen LogP contribution in [-0.4, -0.2) is 21.7 Å². The molecule has 1 rings (SSSR count). The van der Waals surface area contributed by atoms with Crippen LogP contribution in [0, 0.1) is 0 Å². The van der Waals surface area contributed by atoms with Crippen LogP contribution in [0.15, 0.2) is 30.3 Å². The van der Waals surface area contributed by atoms with Crippen LogP contribution in [0.2, 0.25) is 0 Å². The van der Waals surface area contributed by atoms with Crippen LogP contribution >= 0.6 is 7.60 Å². The first-order valence-electron chi connectivity index (χ1n) is 16.2.